The number of sulfonamides is 1. The average molecular weight is 508 g/mol. The molecule has 0 fully saturated rings. The first-order chi connectivity index (χ1) is 16.5. The Balaban J connectivity index is 1.52. The van der Waals surface area contributed by atoms with Gasteiger partial charge >= 0.3 is 12.5 Å². The van der Waals surface area contributed by atoms with E-state index in [1.807, 2.05) is 6.07 Å². The molecule has 184 valence electrons. The first kappa shape index (κ1) is 24.4. The molecule has 12 heteroatoms. The standard InChI is InChI=1S/C23H19F3N2O6S/c24-23(25,26)34-18-7-5-16(6-8-18)32-17-9-11-19(12-10-17)35(30,31)28-14-13-15-3-1-2-4-20(15)21(28)33-22(27)29/h1-12,21H,13-14H2,(H2,27,29)/t21-/m1/s1. The zero-order valence-electron chi connectivity index (χ0n) is 17.9. The second-order valence-electron chi connectivity index (χ2n) is 7.45. The number of carbonyl (C=O) groups is 1. The number of nitrogens with two attached hydrogens (primary N) is 1. The second kappa shape index (κ2) is 9.47. The van der Waals surface area contributed by atoms with Crippen molar-refractivity contribution in [3.63, 3.8) is 0 Å². The fourth-order valence-corrected chi connectivity index (χ4v) is 5.14. The van der Waals surface area contributed by atoms with Gasteiger partial charge in [0.05, 0.1) is 4.90 Å². The van der Waals surface area contributed by atoms with Crippen molar-refractivity contribution in [2.24, 2.45) is 5.73 Å². The van der Waals surface area contributed by atoms with Crippen molar-refractivity contribution in [2.45, 2.75) is 23.9 Å². The van der Waals surface area contributed by atoms with Crippen LogP contribution in [0.2, 0.25) is 0 Å². The largest absolute Gasteiger partial charge is 0.573 e. The number of alkyl halides is 3. The molecular weight excluding hydrogens is 489 g/mol. The molecule has 0 saturated heterocycles. The van der Waals surface area contributed by atoms with Gasteiger partial charge in [0, 0.05) is 12.1 Å². The van der Waals surface area contributed by atoms with Gasteiger partial charge in [-0.05, 0) is 60.5 Å². The number of halogens is 3. The molecule has 0 aliphatic carbocycles. The molecule has 35 heavy (non-hydrogen) atoms. The number of hydrogen-bond acceptors (Lipinski definition) is 6. The first-order valence-corrected chi connectivity index (χ1v) is 11.7. The number of fused-ring (bicyclic) bond motifs is 1. The van der Waals surface area contributed by atoms with E-state index in [4.69, 9.17) is 15.2 Å². The Morgan fingerprint density at radius 3 is 2.09 bits per heavy atom. The van der Waals surface area contributed by atoms with Gasteiger partial charge in [0.15, 0.2) is 6.23 Å². The zero-order valence-corrected chi connectivity index (χ0v) is 18.8. The third-order valence-electron chi connectivity index (χ3n) is 5.14. The van der Waals surface area contributed by atoms with Gasteiger partial charge < -0.3 is 19.9 Å². The quantitative estimate of drug-likeness (QED) is 0.516. The van der Waals surface area contributed by atoms with Crippen LogP contribution in [0.1, 0.15) is 17.4 Å². The maximum Gasteiger partial charge on any atom is 0.573 e. The summed E-state index contributed by atoms with van der Waals surface area (Å²) >= 11 is 0. The SMILES string of the molecule is NC(=O)O[C@@H]1c2ccccc2CCN1S(=O)(=O)c1ccc(Oc2ccc(OC(F)(F)F)cc2)cc1. The maximum atomic E-state index is 13.4. The van der Waals surface area contributed by atoms with E-state index in [2.05, 4.69) is 4.74 Å². The van der Waals surface area contributed by atoms with Crippen LogP contribution in [-0.2, 0) is 21.2 Å². The topological polar surface area (TPSA) is 108 Å². The van der Waals surface area contributed by atoms with Crippen LogP contribution in [0.5, 0.6) is 17.2 Å². The Kier molecular flexibility index (Phi) is 6.59. The highest BCUT2D eigenvalue weighted by Gasteiger charge is 2.38. The van der Waals surface area contributed by atoms with E-state index in [-0.39, 0.29) is 22.9 Å². The third kappa shape index (κ3) is 5.66. The molecule has 4 rings (SSSR count). The van der Waals surface area contributed by atoms with Gasteiger partial charge in [-0.25, -0.2) is 13.2 Å². The molecule has 2 N–H and O–H groups in total. The molecule has 0 spiro atoms. The summed E-state index contributed by atoms with van der Waals surface area (Å²) in [6, 6.07) is 17.2. The van der Waals surface area contributed by atoms with Crippen LogP contribution in [0, 0.1) is 0 Å². The van der Waals surface area contributed by atoms with E-state index in [1.165, 1.54) is 36.4 Å². The Morgan fingerprint density at radius 1 is 0.914 bits per heavy atom. The van der Waals surface area contributed by atoms with E-state index in [0.29, 0.717) is 12.0 Å². The summed E-state index contributed by atoms with van der Waals surface area (Å²) in [5.41, 5.74) is 6.57. The molecule has 0 saturated carbocycles. The normalized spacial score (nSPS) is 16.3. The fourth-order valence-electron chi connectivity index (χ4n) is 3.64. The highest BCUT2D eigenvalue weighted by molar-refractivity contribution is 7.89. The monoisotopic (exact) mass is 508 g/mol. The minimum absolute atomic E-state index is 0.0713. The number of amides is 1. The summed E-state index contributed by atoms with van der Waals surface area (Å²) in [6.07, 6.45) is -6.71. The van der Waals surface area contributed by atoms with Crippen LogP contribution in [-0.4, -0.2) is 31.7 Å². The van der Waals surface area contributed by atoms with E-state index < -0.39 is 34.5 Å². The predicted molar refractivity (Wildman–Crippen MR) is 117 cm³/mol. The Morgan fingerprint density at radius 2 is 1.49 bits per heavy atom. The van der Waals surface area contributed by atoms with Crippen LogP contribution >= 0.6 is 0 Å². The molecule has 1 aliphatic rings. The van der Waals surface area contributed by atoms with E-state index in [0.717, 1.165) is 22.0 Å². The molecule has 0 aromatic heterocycles. The Hall–Kier alpha value is -3.77. The van der Waals surface area contributed by atoms with Crippen molar-refractivity contribution >= 4 is 16.1 Å². The van der Waals surface area contributed by atoms with Crippen molar-refractivity contribution in [3.8, 4) is 17.2 Å². The average Bonchev–Trinajstić information content (AvgIpc) is 2.79. The number of rotatable bonds is 6. The lowest BCUT2D eigenvalue weighted by Crippen LogP contribution is -2.42. The van der Waals surface area contributed by atoms with E-state index >= 15 is 0 Å². The number of nitrogens with zero attached hydrogens (tertiary/aromatic N) is 1. The maximum absolute atomic E-state index is 13.4. The molecule has 3 aromatic rings. The van der Waals surface area contributed by atoms with Crippen LogP contribution in [0.3, 0.4) is 0 Å². The lowest BCUT2D eigenvalue weighted by Gasteiger charge is -2.35. The third-order valence-corrected chi connectivity index (χ3v) is 6.99. The van der Waals surface area contributed by atoms with Gasteiger partial charge in [0.1, 0.15) is 17.2 Å². The minimum atomic E-state index is -4.80. The van der Waals surface area contributed by atoms with Crippen LogP contribution in [0.4, 0.5) is 18.0 Å². The first-order valence-electron chi connectivity index (χ1n) is 10.2. The molecule has 0 bridgehead atoms. The number of hydrogen-bond donors (Lipinski definition) is 1. The minimum Gasteiger partial charge on any atom is -0.457 e. The lowest BCUT2D eigenvalue weighted by molar-refractivity contribution is -0.274. The molecule has 0 radical (unpaired) electrons. The van der Waals surface area contributed by atoms with Crippen molar-refractivity contribution in [1.82, 2.24) is 4.31 Å². The number of primary amides is 1. The Bertz CT molecular complexity index is 1310. The Labute approximate surface area is 198 Å². The van der Waals surface area contributed by atoms with Gasteiger partial charge in [-0.3, -0.25) is 0 Å². The summed E-state index contributed by atoms with van der Waals surface area (Å²) in [5.74, 6) is 0.0715. The number of carbonyl (C=O) groups excluding carboxylic acids is 1. The summed E-state index contributed by atoms with van der Waals surface area (Å²) in [7, 11) is -4.09. The smallest absolute Gasteiger partial charge is 0.457 e. The van der Waals surface area contributed by atoms with Gasteiger partial charge in [0.25, 0.3) is 0 Å². The summed E-state index contributed by atoms with van der Waals surface area (Å²) < 4.78 is 79.2. The van der Waals surface area contributed by atoms with Crippen molar-refractivity contribution in [1.29, 1.82) is 0 Å². The molecule has 8 nitrogen and oxygen atoms in total. The summed E-state index contributed by atoms with van der Waals surface area (Å²) in [5, 5.41) is 0. The van der Waals surface area contributed by atoms with Crippen LogP contribution in [0.25, 0.3) is 0 Å². The number of benzene rings is 3. The predicted octanol–water partition coefficient (Wildman–Crippen LogP) is 4.72. The van der Waals surface area contributed by atoms with Crippen molar-refractivity contribution in [2.75, 3.05) is 6.54 Å². The summed E-state index contributed by atoms with van der Waals surface area (Å²) in [4.78, 5) is 11.4. The molecular formula is C23H19F3N2O6S. The molecule has 1 amide bonds. The summed E-state index contributed by atoms with van der Waals surface area (Å²) in [6.45, 7) is 0.0713. The van der Waals surface area contributed by atoms with Gasteiger partial charge in [-0.2, -0.15) is 4.31 Å². The fraction of sp³-hybridized carbons (Fsp3) is 0.174. The van der Waals surface area contributed by atoms with Crippen molar-refractivity contribution in [3.05, 3.63) is 83.9 Å². The van der Waals surface area contributed by atoms with Crippen LogP contribution < -0.4 is 15.2 Å². The molecule has 0 unspecified atom stereocenters. The van der Waals surface area contributed by atoms with Gasteiger partial charge in [-0.1, -0.05) is 24.3 Å². The van der Waals surface area contributed by atoms with E-state index in [9.17, 15) is 26.4 Å². The number of ether oxygens (including phenoxy) is 3. The highest BCUT2D eigenvalue weighted by atomic mass is 32.2. The van der Waals surface area contributed by atoms with E-state index in [1.54, 1.807) is 18.2 Å². The molecule has 1 heterocycles. The molecule has 1 atom stereocenters. The van der Waals surface area contributed by atoms with Gasteiger partial charge in [-0.15, -0.1) is 13.2 Å². The van der Waals surface area contributed by atoms with Crippen molar-refractivity contribution < 1.29 is 40.6 Å². The second-order valence-corrected chi connectivity index (χ2v) is 9.34. The lowest BCUT2D eigenvalue weighted by atomic mass is 10.00. The molecule has 1 aliphatic heterocycles. The van der Waals surface area contributed by atoms with Crippen LogP contribution in [0.15, 0.2) is 77.7 Å². The molecule has 3 aromatic carbocycles. The highest BCUT2D eigenvalue weighted by Crippen LogP contribution is 2.35. The van der Waals surface area contributed by atoms with Gasteiger partial charge in [0.2, 0.25) is 10.0 Å². The zero-order chi connectivity index (χ0) is 25.2.